The zero-order valence-electron chi connectivity index (χ0n) is 18.9. The summed E-state index contributed by atoms with van der Waals surface area (Å²) in [4.78, 5) is 36.1. The van der Waals surface area contributed by atoms with Gasteiger partial charge in [-0.1, -0.05) is 12.1 Å². The number of ether oxygens (including phenoxy) is 2. The molecule has 0 aliphatic heterocycles. The Labute approximate surface area is 196 Å². The molecule has 0 aromatic heterocycles. The Bertz CT molecular complexity index is 1250. The first-order valence-electron chi connectivity index (χ1n) is 10.2. The summed E-state index contributed by atoms with van der Waals surface area (Å²) < 4.78 is 10.4. The molecule has 0 radical (unpaired) electrons. The van der Waals surface area contributed by atoms with Gasteiger partial charge in [0.2, 0.25) is 5.91 Å². The monoisotopic (exact) mass is 460 g/mol. The van der Waals surface area contributed by atoms with Crippen LogP contribution in [0.25, 0.3) is 0 Å². The number of anilines is 1. The second-order valence-corrected chi connectivity index (χ2v) is 7.18. The van der Waals surface area contributed by atoms with Gasteiger partial charge in [0, 0.05) is 22.4 Å². The summed E-state index contributed by atoms with van der Waals surface area (Å²) in [7, 11) is 3.02. The van der Waals surface area contributed by atoms with E-state index in [-0.39, 0.29) is 5.91 Å². The minimum absolute atomic E-state index is 0.308. The molecule has 0 unspecified atom stereocenters. The average Bonchev–Trinajstić information content (AvgIpc) is 2.86. The number of carbonyl (C=O) groups is 3. The van der Waals surface area contributed by atoms with Crippen LogP contribution in [0.1, 0.15) is 43.6 Å². The molecule has 9 heteroatoms. The molecule has 0 aliphatic carbocycles. The molecule has 0 spiro atoms. The third kappa shape index (κ3) is 5.77. The van der Waals surface area contributed by atoms with Crippen molar-refractivity contribution in [2.24, 2.45) is 10.8 Å². The normalized spacial score (nSPS) is 10.9. The third-order valence-electron chi connectivity index (χ3n) is 4.94. The summed E-state index contributed by atoms with van der Waals surface area (Å²) in [5.74, 6) is -0.349. The number of nitrogens with one attached hydrogen (secondary N) is 2. The van der Waals surface area contributed by atoms with Crippen LogP contribution in [0.2, 0.25) is 0 Å². The lowest BCUT2D eigenvalue weighted by Crippen LogP contribution is -2.20. The van der Waals surface area contributed by atoms with Crippen LogP contribution in [0.15, 0.2) is 71.8 Å². The van der Waals surface area contributed by atoms with Crippen LogP contribution in [0.4, 0.5) is 5.69 Å². The van der Waals surface area contributed by atoms with Crippen molar-refractivity contribution in [2.75, 3.05) is 19.5 Å². The Morgan fingerprint density at radius 3 is 2.06 bits per heavy atom. The highest BCUT2D eigenvalue weighted by atomic mass is 16.5. The third-order valence-corrected chi connectivity index (χ3v) is 4.94. The van der Waals surface area contributed by atoms with Gasteiger partial charge >= 0.3 is 0 Å². The molecule has 3 aromatic carbocycles. The number of hydrazone groups is 1. The Morgan fingerprint density at radius 1 is 0.765 bits per heavy atom. The van der Waals surface area contributed by atoms with Crippen LogP contribution in [0.5, 0.6) is 11.5 Å². The first kappa shape index (κ1) is 24.0. The second-order valence-electron chi connectivity index (χ2n) is 7.18. The number of amides is 3. The van der Waals surface area contributed by atoms with E-state index in [1.807, 2.05) is 0 Å². The molecule has 3 rings (SSSR count). The standard InChI is InChI=1S/C25H24N4O5/c1-15(28-29-25(32)17-9-7-16(8-10-17)23(26)30)18-5-4-6-20(13-18)27-24(31)19-11-12-21(33-2)22(14-19)34-3/h4-14H,1-3H3,(H2,26,30)(H,27,31)(H,29,32)/b28-15-. The zero-order chi connectivity index (χ0) is 24.7. The molecule has 0 fully saturated rings. The quantitative estimate of drug-likeness (QED) is 0.351. The highest BCUT2D eigenvalue weighted by molar-refractivity contribution is 6.06. The van der Waals surface area contributed by atoms with Crippen LogP contribution < -0.4 is 25.9 Å². The van der Waals surface area contributed by atoms with E-state index in [2.05, 4.69) is 15.8 Å². The van der Waals surface area contributed by atoms with Gasteiger partial charge < -0.3 is 20.5 Å². The topological polar surface area (TPSA) is 132 Å². The van der Waals surface area contributed by atoms with Gasteiger partial charge in [0.1, 0.15) is 0 Å². The van der Waals surface area contributed by atoms with Crippen molar-refractivity contribution in [3.63, 3.8) is 0 Å². The van der Waals surface area contributed by atoms with Crippen molar-refractivity contribution in [1.29, 1.82) is 0 Å². The lowest BCUT2D eigenvalue weighted by atomic mass is 10.1. The molecule has 4 N–H and O–H groups in total. The molecule has 0 heterocycles. The predicted octanol–water partition coefficient (Wildman–Crippen LogP) is 3.21. The van der Waals surface area contributed by atoms with E-state index >= 15 is 0 Å². The lowest BCUT2D eigenvalue weighted by Gasteiger charge is -2.11. The minimum atomic E-state index is -0.570. The van der Waals surface area contributed by atoms with E-state index in [0.29, 0.717) is 45.2 Å². The Hall–Kier alpha value is -4.66. The summed E-state index contributed by atoms with van der Waals surface area (Å²) in [5.41, 5.74) is 10.5. The van der Waals surface area contributed by atoms with Gasteiger partial charge in [-0.15, -0.1) is 0 Å². The maximum atomic E-state index is 12.7. The largest absolute Gasteiger partial charge is 0.493 e. The molecule has 0 atom stereocenters. The van der Waals surface area contributed by atoms with E-state index in [1.54, 1.807) is 49.4 Å². The molecule has 174 valence electrons. The lowest BCUT2D eigenvalue weighted by molar-refractivity contribution is 0.0951. The molecule has 9 nitrogen and oxygen atoms in total. The fourth-order valence-corrected chi connectivity index (χ4v) is 3.05. The predicted molar refractivity (Wildman–Crippen MR) is 129 cm³/mol. The fourth-order valence-electron chi connectivity index (χ4n) is 3.05. The summed E-state index contributed by atoms with van der Waals surface area (Å²) in [6.07, 6.45) is 0. The summed E-state index contributed by atoms with van der Waals surface area (Å²) in [6, 6.07) is 17.9. The summed E-state index contributed by atoms with van der Waals surface area (Å²) >= 11 is 0. The molecule has 0 saturated carbocycles. The molecule has 0 aliphatic rings. The number of nitrogens with two attached hydrogens (primary N) is 1. The fraction of sp³-hybridized carbons (Fsp3) is 0.120. The van der Waals surface area contributed by atoms with Gasteiger partial charge in [-0.2, -0.15) is 5.10 Å². The zero-order valence-corrected chi connectivity index (χ0v) is 18.9. The summed E-state index contributed by atoms with van der Waals surface area (Å²) in [5, 5.41) is 6.96. The van der Waals surface area contributed by atoms with Crippen molar-refractivity contribution < 1.29 is 23.9 Å². The van der Waals surface area contributed by atoms with Gasteiger partial charge in [-0.05, 0) is 67.1 Å². The van der Waals surface area contributed by atoms with Crippen molar-refractivity contribution in [3.05, 3.63) is 89.0 Å². The molecule has 0 bridgehead atoms. The van der Waals surface area contributed by atoms with E-state index in [0.717, 1.165) is 0 Å². The number of benzene rings is 3. The Balaban J connectivity index is 1.69. The Kier molecular flexibility index (Phi) is 7.60. The highest BCUT2D eigenvalue weighted by Gasteiger charge is 2.12. The number of methoxy groups -OCH3 is 2. The Morgan fingerprint density at radius 2 is 1.41 bits per heavy atom. The van der Waals surface area contributed by atoms with E-state index in [1.165, 1.54) is 38.5 Å². The first-order chi connectivity index (χ1) is 16.3. The number of hydrogen-bond acceptors (Lipinski definition) is 6. The highest BCUT2D eigenvalue weighted by Crippen LogP contribution is 2.28. The smallest absolute Gasteiger partial charge is 0.271 e. The van der Waals surface area contributed by atoms with Crippen molar-refractivity contribution in [2.45, 2.75) is 6.92 Å². The number of rotatable bonds is 8. The molecule has 0 saturated heterocycles. The second kappa shape index (κ2) is 10.8. The van der Waals surface area contributed by atoms with Gasteiger partial charge in [0.15, 0.2) is 11.5 Å². The van der Waals surface area contributed by atoms with Crippen molar-refractivity contribution in [1.82, 2.24) is 5.43 Å². The van der Waals surface area contributed by atoms with Crippen molar-refractivity contribution in [3.8, 4) is 11.5 Å². The minimum Gasteiger partial charge on any atom is -0.493 e. The molecule has 3 amide bonds. The van der Waals surface area contributed by atoms with Crippen LogP contribution in [-0.2, 0) is 0 Å². The number of nitrogens with zero attached hydrogens (tertiary/aromatic N) is 1. The molecular weight excluding hydrogens is 436 g/mol. The molecule has 3 aromatic rings. The maximum Gasteiger partial charge on any atom is 0.271 e. The average molecular weight is 460 g/mol. The van der Waals surface area contributed by atoms with E-state index in [4.69, 9.17) is 15.2 Å². The van der Waals surface area contributed by atoms with E-state index < -0.39 is 11.8 Å². The molecular formula is C25H24N4O5. The van der Waals surface area contributed by atoms with Crippen molar-refractivity contribution >= 4 is 29.1 Å². The number of carbonyl (C=O) groups excluding carboxylic acids is 3. The van der Waals surface area contributed by atoms with Gasteiger partial charge in [0.25, 0.3) is 11.8 Å². The van der Waals surface area contributed by atoms with Gasteiger partial charge in [0.05, 0.1) is 19.9 Å². The van der Waals surface area contributed by atoms with E-state index in [9.17, 15) is 14.4 Å². The first-order valence-corrected chi connectivity index (χ1v) is 10.2. The SMILES string of the molecule is COc1ccc(C(=O)Nc2cccc(/C(C)=N\NC(=O)c3ccc(C(N)=O)cc3)c2)cc1OC. The van der Waals surface area contributed by atoms with Crippen LogP contribution >= 0.6 is 0 Å². The maximum absolute atomic E-state index is 12.7. The van der Waals surface area contributed by atoms with Crippen LogP contribution in [0.3, 0.4) is 0 Å². The van der Waals surface area contributed by atoms with Crippen LogP contribution in [0, 0.1) is 0 Å². The number of hydrogen-bond donors (Lipinski definition) is 3. The van der Waals surface area contributed by atoms with Crippen LogP contribution in [-0.4, -0.2) is 37.7 Å². The van der Waals surface area contributed by atoms with Gasteiger partial charge in [-0.25, -0.2) is 5.43 Å². The molecule has 34 heavy (non-hydrogen) atoms. The summed E-state index contributed by atoms with van der Waals surface area (Å²) in [6.45, 7) is 1.73. The van der Waals surface area contributed by atoms with Gasteiger partial charge in [-0.3, -0.25) is 14.4 Å². The number of primary amides is 1.